The summed E-state index contributed by atoms with van der Waals surface area (Å²) < 4.78 is 11.2. The highest BCUT2D eigenvalue weighted by Crippen LogP contribution is 2.30. The quantitative estimate of drug-likeness (QED) is 0.740. The SMILES string of the molecule is COc1cc(OCC(O)CN2CCN(C(C)=O)CC2)cc(-c2ccc(O)cc2)c1. The highest BCUT2D eigenvalue weighted by atomic mass is 16.5. The van der Waals surface area contributed by atoms with E-state index in [1.807, 2.05) is 29.2 Å². The zero-order valence-corrected chi connectivity index (χ0v) is 16.9. The van der Waals surface area contributed by atoms with E-state index < -0.39 is 6.10 Å². The molecule has 1 aliphatic rings. The Balaban J connectivity index is 1.57. The lowest BCUT2D eigenvalue weighted by Crippen LogP contribution is -2.50. The molecule has 0 bridgehead atoms. The average Bonchev–Trinajstić information content (AvgIpc) is 2.73. The minimum atomic E-state index is -0.637. The van der Waals surface area contributed by atoms with Crippen molar-refractivity contribution >= 4 is 5.91 Å². The van der Waals surface area contributed by atoms with Crippen molar-refractivity contribution < 1.29 is 24.5 Å². The molecular weight excluding hydrogens is 372 g/mol. The summed E-state index contributed by atoms with van der Waals surface area (Å²) in [7, 11) is 1.59. The number of nitrogens with zero attached hydrogens (tertiary/aromatic N) is 2. The van der Waals surface area contributed by atoms with E-state index in [1.165, 1.54) is 0 Å². The van der Waals surface area contributed by atoms with Crippen LogP contribution in [0.25, 0.3) is 11.1 Å². The zero-order chi connectivity index (χ0) is 20.8. The van der Waals surface area contributed by atoms with Gasteiger partial charge < -0.3 is 24.6 Å². The van der Waals surface area contributed by atoms with Crippen molar-refractivity contribution in [3.63, 3.8) is 0 Å². The van der Waals surface area contributed by atoms with Gasteiger partial charge in [0.15, 0.2) is 0 Å². The molecule has 1 unspecified atom stereocenters. The molecule has 0 saturated carbocycles. The molecule has 1 aliphatic heterocycles. The monoisotopic (exact) mass is 400 g/mol. The van der Waals surface area contributed by atoms with E-state index in [-0.39, 0.29) is 18.3 Å². The maximum Gasteiger partial charge on any atom is 0.219 e. The second kappa shape index (κ2) is 9.62. The summed E-state index contributed by atoms with van der Waals surface area (Å²) >= 11 is 0. The van der Waals surface area contributed by atoms with Gasteiger partial charge >= 0.3 is 0 Å². The molecule has 0 radical (unpaired) electrons. The number of hydrogen-bond donors (Lipinski definition) is 2. The number of piperazine rings is 1. The van der Waals surface area contributed by atoms with Gasteiger partial charge in [0.25, 0.3) is 0 Å². The van der Waals surface area contributed by atoms with E-state index in [2.05, 4.69) is 4.90 Å². The molecule has 1 fully saturated rings. The molecule has 156 valence electrons. The fraction of sp³-hybridized carbons (Fsp3) is 0.409. The normalized spacial score (nSPS) is 15.8. The number of amides is 1. The Labute approximate surface area is 171 Å². The Bertz CT molecular complexity index is 816. The third-order valence-electron chi connectivity index (χ3n) is 5.05. The predicted octanol–water partition coefficient (Wildman–Crippen LogP) is 1.97. The van der Waals surface area contributed by atoms with Crippen LogP contribution in [-0.4, -0.2) is 78.5 Å². The summed E-state index contributed by atoms with van der Waals surface area (Å²) in [5.74, 6) is 1.56. The first-order valence-corrected chi connectivity index (χ1v) is 9.72. The molecule has 2 aromatic carbocycles. The van der Waals surface area contributed by atoms with Crippen molar-refractivity contribution in [1.82, 2.24) is 9.80 Å². The minimum Gasteiger partial charge on any atom is -0.508 e. The largest absolute Gasteiger partial charge is 0.508 e. The Morgan fingerprint density at radius 3 is 2.31 bits per heavy atom. The summed E-state index contributed by atoms with van der Waals surface area (Å²) in [4.78, 5) is 15.4. The lowest BCUT2D eigenvalue weighted by Gasteiger charge is -2.35. The molecule has 2 N–H and O–H groups in total. The van der Waals surface area contributed by atoms with Gasteiger partial charge in [0.05, 0.1) is 7.11 Å². The summed E-state index contributed by atoms with van der Waals surface area (Å²) in [5.41, 5.74) is 1.82. The second-order valence-corrected chi connectivity index (χ2v) is 7.22. The highest BCUT2D eigenvalue weighted by molar-refractivity contribution is 5.73. The number of phenolic OH excluding ortho intramolecular Hbond substituents is 1. The van der Waals surface area contributed by atoms with E-state index in [4.69, 9.17) is 9.47 Å². The molecule has 1 saturated heterocycles. The number of aliphatic hydroxyl groups is 1. The summed E-state index contributed by atoms with van der Waals surface area (Å²) in [6, 6.07) is 12.5. The van der Waals surface area contributed by atoms with Gasteiger partial charge in [-0.3, -0.25) is 9.69 Å². The Morgan fingerprint density at radius 1 is 1.03 bits per heavy atom. The van der Waals surface area contributed by atoms with Gasteiger partial charge in [-0.2, -0.15) is 0 Å². The number of carbonyl (C=O) groups excluding carboxylic acids is 1. The maximum atomic E-state index is 11.4. The van der Waals surface area contributed by atoms with Crippen LogP contribution in [0.1, 0.15) is 6.92 Å². The van der Waals surface area contributed by atoms with Crippen molar-refractivity contribution in [1.29, 1.82) is 0 Å². The zero-order valence-electron chi connectivity index (χ0n) is 16.9. The molecule has 29 heavy (non-hydrogen) atoms. The number of rotatable bonds is 7. The molecule has 0 aliphatic carbocycles. The first-order valence-electron chi connectivity index (χ1n) is 9.72. The van der Waals surface area contributed by atoms with Gasteiger partial charge in [-0.05, 0) is 35.4 Å². The molecule has 7 nitrogen and oxygen atoms in total. The third kappa shape index (κ3) is 5.85. The molecular formula is C22H28N2O5. The summed E-state index contributed by atoms with van der Waals surface area (Å²) in [5, 5.41) is 19.9. The van der Waals surface area contributed by atoms with Crippen LogP contribution in [0.4, 0.5) is 0 Å². The summed E-state index contributed by atoms with van der Waals surface area (Å²) in [6.45, 7) is 5.12. The van der Waals surface area contributed by atoms with Crippen molar-refractivity contribution in [2.24, 2.45) is 0 Å². The van der Waals surface area contributed by atoms with Gasteiger partial charge in [-0.15, -0.1) is 0 Å². The standard InChI is InChI=1S/C22H28N2O5/c1-16(25)24-9-7-23(8-10-24)14-20(27)15-29-22-12-18(11-21(13-22)28-2)17-3-5-19(26)6-4-17/h3-6,11-13,20,26-27H,7-10,14-15H2,1-2H3. The fourth-order valence-electron chi connectivity index (χ4n) is 3.38. The van der Waals surface area contributed by atoms with Gasteiger partial charge in [-0.25, -0.2) is 0 Å². The van der Waals surface area contributed by atoms with Gasteiger partial charge in [0, 0.05) is 45.7 Å². The number of carbonyl (C=O) groups is 1. The van der Waals surface area contributed by atoms with Crippen LogP contribution in [0.3, 0.4) is 0 Å². The predicted molar refractivity (Wildman–Crippen MR) is 110 cm³/mol. The lowest BCUT2D eigenvalue weighted by molar-refractivity contribution is -0.130. The number of β-amino-alcohol motifs (C(OH)–C–C–N with tert-alkyl or cyclic N) is 1. The maximum absolute atomic E-state index is 11.4. The summed E-state index contributed by atoms with van der Waals surface area (Å²) in [6.07, 6.45) is -0.637. The molecule has 0 aromatic heterocycles. The Morgan fingerprint density at radius 2 is 1.69 bits per heavy atom. The van der Waals surface area contributed by atoms with Crippen LogP contribution in [-0.2, 0) is 4.79 Å². The number of hydrogen-bond acceptors (Lipinski definition) is 6. The van der Waals surface area contributed by atoms with E-state index in [0.29, 0.717) is 31.1 Å². The van der Waals surface area contributed by atoms with E-state index in [1.54, 1.807) is 32.2 Å². The molecule has 1 amide bonds. The minimum absolute atomic E-state index is 0.0935. The number of phenols is 1. The van der Waals surface area contributed by atoms with Crippen LogP contribution in [0.2, 0.25) is 0 Å². The third-order valence-corrected chi connectivity index (χ3v) is 5.05. The number of aliphatic hydroxyl groups excluding tert-OH is 1. The lowest BCUT2D eigenvalue weighted by atomic mass is 10.0. The van der Waals surface area contributed by atoms with E-state index in [9.17, 15) is 15.0 Å². The topological polar surface area (TPSA) is 82.5 Å². The smallest absolute Gasteiger partial charge is 0.219 e. The van der Waals surface area contributed by atoms with Crippen molar-refractivity contribution in [3.05, 3.63) is 42.5 Å². The molecule has 0 spiro atoms. The average molecular weight is 400 g/mol. The highest BCUT2D eigenvalue weighted by Gasteiger charge is 2.20. The molecule has 7 heteroatoms. The number of ether oxygens (including phenoxy) is 2. The molecule has 1 heterocycles. The van der Waals surface area contributed by atoms with Crippen LogP contribution < -0.4 is 9.47 Å². The van der Waals surface area contributed by atoms with E-state index >= 15 is 0 Å². The second-order valence-electron chi connectivity index (χ2n) is 7.22. The van der Waals surface area contributed by atoms with Gasteiger partial charge in [0.1, 0.15) is 30.0 Å². The van der Waals surface area contributed by atoms with E-state index in [0.717, 1.165) is 24.2 Å². The first kappa shape index (κ1) is 21.0. The van der Waals surface area contributed by atoms with Crippen LogP contribution >= 0.6 is 0 Å². The van der Waals surface area contributed by atoms with Crippen LogP contribution in [0, 0.1) is 0 Å². The Hall–Kier alpha value is -2.77. The number of aromatic hydroxyl groups is 1. The molecule has 1 atom stereocenters. The van der Waals surface area contributed by atoms with Gasteiger partial charge in [-0.1, -0.05) is 12.1 Å². The molecule has 2 aromatic rings. The van der Waals surface area contributed by atoms with Gasteiger partial charge in [0.2, 0.25) is 5.91 Å². The number of methoxy groups -OCH3 is 1. The van der Waals surface area contributed by atoms with Crippen molar-refractivity contribution in [2.75, 3.05) is 46.4 Å². The van der Waals surface area contributed by atoms with Crippen molar-refractivity contribution in [3.8, 4) is 28.4 Å². The Kier molecular flexibility index (Phi) is 6.95. The first-order chi connectivity index (χ1) is 13.9. The van der Waals surface area contributed by atoms with Crippen molar-refractivity contribution in [2.45, 2.75) is 13.0 Å². The van der Waals surface area contributed by atoms with Crippen LogP contribution in [0.15, 0.2) is 42.5 Å². The fourth-order valence-corrected chi connectivity index (χ4v) is 3.38. The molecule has 3 rings (SSSR count). The van der Waals surface area contributed by atoms with Crippen LogP contribution in [0.5, 0.6) is 17.2 Å². The number of benzene rings is 2.